The fourth-order valence-electron chi connectivity index (χ4n) is 3.27. The van der Waals surface area contributed by atoms with Crippen LogP contribution >= 0.6 is 11.8 Å². The Balaban J connectivity index is 1.46. The van der Waals surface area contributed by atoms with Crippen molar-refractivity contribution in [3.05, 3.63) is 35.4 Å². The summed E-state index contributed by atoms with van der Waals surface area (Å²) in [5.41, 5.74) is 3.30. The monoisotopic (exact) mass is 288 g/mol. The second kappa shape index (κ2) is 6.21. The van der Waals surface area contributed by atoms with E-state index in [-0.39, 0.29) is 0 Å². The summed E-state index contributed by atoms with van der Waals surface area (Å²) in [5, 5.41) is 4.67. The average molecular weight is 288 g/mol. The van der Waals surface area contributed by atoms with Crippen molar-refractivity contribution < 1.29 is 0 Å². The van der Waals surface area contributed by atoms with Gasteiger partial charge in [-0.3, -0.25) is 4.99 Å². The lowest BCUT2D eigenvalue weighted by Crippen LogP contribution is -2.34. The lowest BCUT2D eigenvalue weighted by Gasteiger charge is -2.31. The number of hydrogen-bond donors (Lipinski definition) is 1. The van der Waals surface area contributed by atoms with Crippen LogP contribution in [0.15, 0.2) is 29.3 Å². The summed E-state index contributed by atoms with van der Waals surface area (Å²) in [6, 6.07) is 8.77. The van der Waals surface area contributed by atoms with E-state index in [4.69, 9.17) is 4.99 Å². The number of thioether (sulfide) groups is 1. The highest BCUT2D eigenvalue weighted by molar-refractivity contribution is 8.13. The summed E-state index contributed by atoms with van der Waals surface area (Å²) >= 11 is 1.94. The third kappa shape index (κ3) is 3.38. The molecule has 0 unspecified atom stereocenters. The summed E-state index contributed by atoms with van der Waals surface area (Å²) in [6.07, 6.45) is 6.67. The number of amidine groups is 1. The van der Waals surface area contributed by atoms with Crippen LogP contribution in [0, 0.1) is 12.3 Å². The van der Waals surface area contributed by atoms with Gasteiger partial charge in [-0.1, -0.05) is 54.4 Å². The van der Waals surface area contributed by atoms with Crippen molar-refractivity contribution >= 4 is 16.9 Å². The van der Waals surface area contributed by atoms with Gasteiger partial charge in [-0.2, -0.15) is 0 Å². The molecule has 1 aliphatic heterocycles. The molecule has 1 N–H and O–H groups in total. The van der Waals surface area contributed by atoms with Crippen molar-refractivity contribution in [2.45, 2.75) is 39.0 Å². The Morgan fingerprint density at radius 1 is 1.30 bits per heavy atom. The highest BCUT2D eigenvalue weighted by Crippen LogP contribution is 2.43. The molecule has 0 bridgehead atoms. The molecule has 20 heavy (non-hydrogen) atoms. The van der Waals surface area contributed by atoms with Gasteiger partial charge in [-0.05, 0) is 37.2 Å². The summed E-state index contributed by atoms with van der Waals surface area (Å²) in [7, 11) is 0. The van der Waals surface area contributed by atoms with Crippen LogP contribution in [-0.2, 0) is 6.42 Å². The molecule has 0 atom stereocenters. The van der Waals surface area contributed by atoms with E-state index in [0.717, 1.165) is 24.7 Å². The van der Waals surface area contributed by atoms with Gasteiger partial charge in [0.25, 0.3) is 0 Å². The molecule has 1 aromatic carbocycles. The van der Waals surface area contributed by atoms with Crippen molar-refractivity contribution in [1.29, 1.82) is 0 Å². The highest BCUT2D eigenvalue weighted by atomic mass is 32.2. The van der Waals surface area contributed by atoms with Crippen LogP contribution in [0.1, 0.15) is 36.8 Å². The second-order valence-electron chi connectivity index (χ2n) is 6.28. The third-order valence-electron chi connectivity index (χ3n) is 4.51. The van der Waals surface area contributed by atoms with Gasteiger partial charge >= 0.3 is 0 Å². The molecule has 108 valence electrons. The van der Waals surface area contributed by atoms with Gasteiger partial charge < -0.3 is 5.32 Å². The minimum atomic E-state index is 0.548. The van der Waals surface area contributed by atoms with Gasteiger partial charge in [0, 0.05) is 18.8 Å². The molecule has 2 nitrogen and oxygen atoms in total. The Hall–Kier alpha value is -0.960. The van der Waals surface area contributed by atoms with Crippen LogP contribution in [0.3, 0.4) is 0 Å². The Kier molecular flexibility index (Phi) is 4.35. The molecule has 0 radical (unpaired) electrons. The molecule has 0 aromatic heterocycles. The van der Waals surface area contributed by atoms with Crippen molar-refractivity contribution in [2.24, 2.45) is 10.4 Å². The van der Waals surface area contributed by atoms with E-state index in [9.17, 15) is 0 Å². The standard InChI is InChI=1S/C17H24N2S/c1-14-5-4-6-15(11-14)7-10-18-16-19-12-17(13-20-16)8-2-3-9-17/h4-6,11H,2-3,7-10,12-13H2,1H3,(H,18,19). The number of aryl methyl sites for hydroxylation is 1. The van der Waals surface area contributed by atoms with Gasteiger partial charge in [0.1, 0.15) is 0 Å². The molecule has 1 heterocycles. The van der Waals surface area contributed by atoms with E-state index >= 15 is 0 Å². The maximum Gasteiger partial charge on any atom is 0.156 e. The topological polar surface area (TPSA) is 24.4 Å². The number of hydrogen-bond acceptors (Lipinski definition) is 3. The molecule has 1 fully saturated rings. The smallest absolute Gasteiger partial charge is 0.156 e. The van der Waals surface area contributed by atoms with Gasteiger partial charge in [0.15, 0.2) is 5.17 Å². The van der Waals surface area contributed by atoms with E-state index in [1.165, 1.54) is 42.6 Å². The molecular formula is C17H24N2S. The summed E-state index contributed by atoms with van der Waals surface area (Å²) in [6.45, 7) is 4.19. The molecule has 1 saturated carbocycles. The van der Waals surface area contributed by atoms with Crippen LogP contribution in [0.4, 0.5) is 0 Å². The molecule has 1 aliphatic carbocycles. The zero-order valence-corrected chi connectivity index (χ0v) is 13.1. The van der Waals surface area contributed by atoms with Crippen molar-refractivity contribution in [2.75, 3.05) is 18.8 Å². The van der Waals surface area contributed by atoms with E-state index in [0.29, 0.717) is 5.41 Å². The molecule has 0 saturated heterocycles. The van der Waals surface area contributed by atoms with Crippen LogP contribution in [-0.4, -0.2) is 24.0 Å². The van der Waals surface area contributed by atoms with Crippen molar-refractivity contribution in [3.8, 4) is 0 Å². The van der Waals surface area contributed by atoms with Crippen LogP contribution < -0.4 is 5.32 Å². The maximum absolute atomic E-state index is 4.78. The Morgan fingerprint density at radius 2 is 2.15 bits per heavy atom. The summed E-state index contributed by atoms with van der Waals surface area (Å²) in [5.74, 6) is 1.27. The van der Waals surface area contributed by atoms with Crippen LogP contribution in [0.2, 0.25) is 0 Å². The Morgan fingerprint density at radius 3 is 2.85 bits per heavy atom. The SMILES string of the molecule is Cc1cccc(CCNC2=NCC3(CCCC3)CS2)c1. The van der Waals surface area contributed by atoms with Crippen molar-refractivity contribution in [3.63, 3.8) is 0 Å². The average Bonchev–Trinajstić information content (AvgIpc) is 2.90. The van der Waals surface area contributed by atoms with E-state index < -0.39 is 0 Å². The third-order valence-corrected chi connectivity index (χ3v) is 5.81. The number of nitrogens with one attached hydrogen (secondary N) is 1. The largest absolute Gasteiger partial charge is 0.365 e. The number of aliphatic imine (C=N–C) groups is 1. The van der Waals surface area contributed by atoms with Gasteiger partial charge in [-0.15, -0.1) is 0 Å². The predicted octanol–water partition coefficient (Wildman–Crippen LogP) is 3.79. The fraction of sp³-hybridized carbons (Fsp3) is 0.588. The lowest BCUT2D eigenvalue weighted by atomic mass is 9.89. The number of benzene rings is 1. The fourth-order valence-corrected chi connectivity index (χ4v) is 4.45. The summed E-state index contributed by atoms with van der Waals surface area (Å²) in [4.78, 5) is 4.78. The van der Waals surface area contributed by atoms with E-state index in [1.807, 2.05) is 11.8 Å². The van der Waals surface area contributed by atoms with Crippen LogP contribution in [0.25, 0.3) is 0 Å². The van der Waals surface area contributed by atoms with Crippen molar-refractivity contribution in [1.82, 2.24) is 5.32 Å². The molecule has 1 aromatic rings. The van der Waals surface area contributed by atoms with E-state index in [2.05, 4.69) is 36.5 Å². The number of nitrogens with zero attached hydrogens (tertiary/aromatic N) is 1. The summed E-state index contributed by atoms with van der Waals surface area (Å²) < 4.78 is 0. The molecular weight excluding hydrogens is 264 g/mol. The van der Waals surface area contributed by atoms with Gasteiger partial charge in [-0.25, -0.2) is 0 Å². The zero-order chi connectivity index (χ0) is 13.8. The minimum Gasteiger partial charge on any atom is -0.365 e. The minimum absolute atomic E-state index is 0.548. The molecule has 3 heteroatoms. The normalized spacial score (nSPS) is 20.9. The van der Waals surface area contributed by atoms with E-state index in [1.54, 1.807) is 0 Å². The molecule has 0 amide bonds. The first kappa shape index (κ1) is 14.0. The molecule has 1 spiro atoms. The zero-order valence-electron chi connectivity index (χ0n) is 12.3. The first-order chi connectivity index (χ1) is 9.76. The molecule has 3 rings (SSSR count). The maximum atomic E-state index is 4.78. The Labute approximate surface area is 126 Å². The van der Waals surface area contributed by atoms with Crippen LogP contribution in [0.5, 0.6) is 0 Å². The number of rotatable bonds is 3. The van der Waals surface area contributed by atoms with Gasteiger partial charge in [0.2, 0.25) is 0 Å². The lowest BCUT2D eigenvalue weighted by molar-refractivity contribution is 0.358. The predicted molar refractivity (Wildman–Crippen MR) is 88.5 cm³/mol. The first-order valence-electron chi connectivity index (χ1n) is 7.73. The first-order valence-corrected chi connectivity index (χ1v) is 8.71. The highest BCUT2D eigenvalue weighted by Gasteiger charge is 2.36. The molecule has 2 aliphatic rings. The Bertz CT molecular complexity index is 490. The van der Waals surface area contributed by atoms with Gasteiger partial charge in [0.05, 0.1) is 0 Å². The quantitative estimate of drug-likeness (QED) is 0.915. The second-order valence-corrected chi connectivity index (χ2v) is 7.25.